The molecule has 0 heterocycles. The molecule has 0 fully saturated rings. The van der Waals surface area contributed by atoms with Crippen LogP contribution in [0.25, 0.3) is 0 Å². The smallest absolute Gasteiger partial charge is 0.351 e. The lowest BCUT2D eigenvalue weighted by Gasteiger charge is -2.15. The minimum absolute atomic E-state index is 0.0874. The molecule has 4 N–H and O–H groups in total. The maximum atomic E-state index is 12.0. The first-order valence-electron chi connectivity index (χ1n) is 8.26. The second-order valence-corrected chi connectivity index (χ2v) is 5.58. The van der Waals surface area contributed by atoms with Gasteiger partial charge in [-0.25, -0.2) is 4.79 Å². The molecule has 2 amide bonds. The van der Waals surface area contributed by atoms with Crippen LogP contribution < -0.4 is 20.6 Å². The van der Waals surface area contributed by atoms with E-state index in [9.17, 15) is 9.59 Å². The van der Waals surface area contributed by atoms with Crippen LogP contribution in [-0.4, -0.2) is 60.9 Å². The molecule has 0 aliphatic rings. The average Bonchev–Trinajstić information content (AvgIpc) is 2.66. The van der Waals surface area contributed by atoms with Gasteiger partial charge in [-0.3, -0.25) is 9.59 Å². The van der Waals surface area contributed by atoms with E-state index in [4.69, 9.17) is 31.4 Å². The van der Waals surface area contributed by atoms with E-state index in [2.05, 4.69) is 24.5 Å². The van der Waals surface area contributed by atoms with E-state index in [-0.39, 0.29) is 17.7 Å². The minimum Gasteiger partial charge on any atom is -0.539 e. The van der Waals surface area contributed by atoms with E-state index in [0.717, 1.165) is 19.6 Å². The number of carboxylic acid groups (broad SMARTS) is 2. The zero-order chi connectivity index (χ0) is 20.8. The van der Waals surface area contributed by atoms with Crippen molar-refractivity contribution in [2.45, 2.75) is 13.8 Å². The number of hydrogen-bond acceptors (Lipinski definition) is 5. The zero-order valence-corrected chi connectivity index (χ0v) is 16.0. The van der Waals surface area contributed by atoms with Gasteiger partial charge in [0.25, 0.3) is 5.91 Å². The quantitative estimate of drug-likeness (QED) is 0.303. The highest BCUT2D eigenvalue weighted by Gasteiger charge is 2.08. The number of carbonyl (C=O) groups excluding carboxylic acids is 3. The number of likely N-dealkylation sites (N-methyl/N-ethyl adjacent to an activating group) is 1. The van der Waals surface area contributed by atoms with Gasteiger partial charge in [0.1, 0.15) is 5.88 Å². The van der Waals surface area contributed by atoms with Gasteiger partial charge in [-0.05, 0) is 38.1 Å². The molecule has 0 unspecified atom stereocenters. The van der Waals surface area contributed by atoms with Gasteiger partial charge in [-0.2, -0.15) is 0 Å². The van der Waals surface area contributed by atoms with Gasteiger partial charge in [-0.15, -0.1) is 11.6 Å². The summed E-state index contributed by atoms with van der Waals surface area (Å²) in [6.45, 7) is 7.95. The highest BCUT2D eigenvalue weighted by molar-refractivity contribution is 6.29. The van der Waals surface area contributed by atoms with E-state index in [0.29, 0.717) is 17.8 Å². The lowest BCUT2D eigenvalue weighted by atomic mass is 10.2. The number of aliphatic carboxylic acids is 2. The van der Waals surface area contributed by atoms with Crippen LogP contribution in [0, 0.1) is 0 Å². The summed E-state index contributed by atoms with van der Waals surface area (Å²) in [5, 5.41) is 21.8. The Morgan fingerprint density at radius 1 is 1.11 bits per heavy atom. The fraction of sp³-hybridized carbons (Fsp3) is 0.412. The number of benzene rings is 1. The summed E-state index contributed by atoms with van der Waals surface area (Å²) in [4.78, 5) is 42.6. The molecule has 150 valence electrons. The van der Waals surface area contributed by atoms with E-state index < -0.39 is 11.9 Å². The molecule has 0 saturated heterocycles. The summed E-state index contributed by atoms with van der Waals surface area (Å²) >= 11 is 5.41. The summed E-state index contributed by atoms with van der Waals surface area (Å²) in [7, 11) is 0. The Labute approximate surface area is 162 Å². The number of rotatable bonds is 8. The Morgan fingerprint density at radius 3 is 2.04 bits per heavy atom. The largest absolute Gasteiger partial charge is 0.539 e. The van der Waals surface area contributed by atoms with E-state index in [1.54, 1.807) is 24.3 Å². The van der Waals surface area contributed by atoms with Crippen molar-refractivity contribution in [1.82, 2.24) is 5.32 Å². The Balaban J connectivity index is 0.000000972. The van der Waals surface area contributed by atoms with Crippen molar-refractivity contribution in [1.29, 1.82) is 0 Å². The summed E-state index contributed by atoms with van der Waals surface area (Å²) < 4.78 is 0. The number of nitrogens with one attached hydrogen (secondary N) is 3. The van der Waals surface area contributed by atoms with Gasteiger partial charge in [0.05, 0.1) is 26.2 Å². The van der Waals surface area contributed by atoms with Gasteiger partial charge < -0.3 is 30.5 Å². The highest BCUT2D eigenvalue weighted by Crippen LogP contribution is 2.09. The molecule has 0 spiro atoms. The number of alkyl halides is 1. The monoisotopic (exact) mass is 401 g/mol. The van der Waals surface area contributed by atoms with Gasteiger partial charge in [0.2, 0.25) is 5.91 Å². The third-order valence-corrected chi connectivity index (χ3v) is 3.73. The van der Waals surface area contributed by atoms with Crippen LogP contribution in [0.5, 0.6) is 0 Å². The molecule has 0 aromatic heterocycles. The van der Waals surface area contributed by atoms with Gasteiger partial charge in [-0.1, -0.05) is 0 Å². The predicted molar refractivity (Wildman–Crippen MR) is 97.7 cm³/mol. The van der Waals surface area contributed by atoms with E-state index in [1.165, 1.54) is 4.90 Å². The molecule has 1 aromatic carbocycles. The van der Waals surface area contributed by atoms with Crippen molar-refractivity contribution < 1.29 is 34.3 Å². The standard InChI is InChI=1S/C15H22ClN3O2.C2H2O4/c1-3-19(4-2)10-9-17-15(21)12-5-7-13(8-6-12)18-14(20)11-16;3-1(4)2(5)6/h5-8H,3-4,9-11H2,1-2H3,(H,17,21)(H,18,20);(H,3,4)(H,5,6). The van der Waals surface area contributed by atoms with Crippen molar-refractivity contribution in [3.63, 3.8) is 0 Å². The minimum atomic E-state index is -2.07. The third-order valence-electron chi connectivity index (χ3n) is 3.49. The number of halogens is 1. The fourth-order valence-corrected chi connectivity index (χ4v) is 2.02. The zero-order valence-electron chi connectivity index (χ0n) is 15.2. The Morgan fingerprint density at radius 2 is 1.63 bits per heavy atom. The molecule has 1 rings (SSSR count). The van der Waals surface area contributed by atoms with Crippen LogP contribution in [0.1, 0.15) is 24.2 Å². The number of carboxylic acids is 2. The molecule has 0 bridgehead atoms. The number of amides is 2. The molecule has 0 atom stereocenters. The topological polar surface area (TPSA) is 140 Å². The molecule has 1 aromatic rings. The predicted octanol–water partition coefficient (Wildman–Crippen LogP) is -1.66. The first kappa shape index (κ1) is 24.4. The second-order valence-electron chi connectivity index (χ2n) is 5.31. The van der Waals surface area contributed by atoms with E-state index >= 15 is 0 Å². The molecule has 10 heteroatoms. The maximum Gasteiger partial charge on any atom is 0.351 e. The maximum absolute atomic E-state index is 12.0. The van der Waals surface area contributed by atoms with Crippen LogP contribution in [0.15, 0.2) is 24.3 Å². The molecule has 0 aliphatic carbocycles. The lowest BCUT2D eigenvalue weighted by Crippen LogP contribution is -3.12. The van der Waals surface area contributed by atoms with Crippen molar-refractivity contribution in [3.8, 4) is 0 Å². The summed E-state index contributed by atoms with van der Waals surface area (Å²) in [6, 6.07) is 6.75. The number of anilines is 1. The molecule has 0 radical (unpaired) electrons. The number of quaternary nitrogens is 1. The number of carbonyl (C=O) groups is 4. The Hall–Kier alpha value is -2.65. The van der Waals surface area contributed by atoms with Crippen LogP contribution in [0.4, 0.5) is 5.69 Å². The van der Waals surface area contributed by atoms with Gasteiger partial charge in [0, 0.05) is 11.3 Å². The molecule has 27 heavy (non-hydrogen) atoms. The molecule has 9 nitrogen and oxygen atoms in total. The first-order chi connectivity index (χ1) is 12.7. The summed E-state index contributed by atoms with van der Waals surface area (Å²) in [5.74, 6) is -4.46. The average molecular weight is 402 g/mol. The molecular formula is C17H24ClN3O6. The van der Waals surface area contributed by atoms with E-state index in [1.807, 2.05) is 0 Å². The first-order valence-corrected chi connectivity index (χ1v) is 8.80. The SMILES string of the molecule is CC[NH+](CC)CCNC(=O)c1ccc(NC(=O)CCl)cc1.O=C([O-])C(=O)O. The van der Waals surface area contributed by atoms with Crippen molar-refractivity contribution >= 4 is 41.0 Å². The van der Waals surface area contributed by atoms with Crippen LogP contribution in [0.3, 0.4) is 0 Å². The van der Waals surface area contributed by atoms with Crippen LogP contribution >= 0.6 is 11.6 Å². The molecular weight excluding hydrogens is 378 g/mol. The van der Waals surface area contributed by atoms with Gasteiger partial charge >= 0.3 is 5.97 Å². The highest BCUT2D eigenvalue weighted by atomic mass is 35.5. The summed E-state index contributed by atoms with van der Waals surface area (Å²) in [5.41, 5.74) is 1.21. The summed E-state index contributed by atoms with van der Waals surface area (Å²) in [6.07, 6.45) is 0. The fourth-order valence-electron chi connectivity index (χ4n) is 1.96. The van der Waals surface area contributed by atoms with Gasteiger partial charge in [0.15, 0.2) is 5.97 Å². The second kappa shape index (κ2) is 13.5. The van der Waals surface area contributed by atoms with Crippen molar-refractivity contribution in [3.05, 3.63) is 29.8 Å². The Bertz CT molecular complexity index is 620. The van der Waals surface area contributed by atoms with Crippen LogP contribution in [-0.2, 0) is 14.4 Å². The van der Waals surface area contributed by atoms with Crippen molar-refractivity contribution in [2.75, 3.05) is 37.4 Å². The van der Waals surface area contributed by atoms with Crippen LogP contribution in [0.2, 0.25) is 0 Å². The molecule has 0 saturated carbocycles. The normalized spacial score (nSPS) is 9.78. The molecule has 0 aliphatic heterocycles. The lowest BCUT2D eigenvalue weighted by molar-refractivity contribution is -0.895. The number of hydrogen-bond donors (Lipinski definition) is 4. The third kappa shape index (κ3) is 10.8. The Kier molecular flexibility index (Phi) is 12.2. The van der Waals surface area contributed by atoms with Crippen molar-refractivity contribution in [2.24, 2.45) is 0 Å².